The second-order valence-corrected chi connectivity index (χ2v) is 3.47. The normalized spacial score (nSPS) is 12.6. The van der Waals surface area contributed by atoms with Gasteiger partial charge in [-0.3, -0.25) is 0 Å². The smallest absolute Gasteiger partial charge is 0.129 e. The lowest BCUT2D eigenvalue weighted by molar-refractivity contribution is 0.194. The van der Waals surface area contributed by atoms with Crippen LogP contribution in [0, 0.1) is 12.7 Å². The molecule has 14 heavy (non-hydrogen) atoms. The molecule has 0 heterocycles. The number of rotatable bonds is 3. The summed E-state index contributed by atoms with van der Waals surface area (Å²) in [6.07, 6.45) is -0.236. The quantitative estimate of drug-likeness (QED) is 0.805. The Kier molecular flexibility index (Phi) is 3.47. The minimum atomic E-state index is -0.545. The highest BCUT2D eigenvalue weighted by Crippen LogP contribution is 2.21. The Morgan fingerprint density at radius 1 is 1.50 bits per heavy atom. The van der Waals surface area contributed by atoms with Gasteiger partial charge in [-0.2, -0.15) is 0 Å². The number of aliphatic hydroxyl groups excluding tert-OH is 1. The molecule has 3 heteroatoms. The van der Waals surface area contributed by atoms with Gasteiger partial charge in [-0.25, -0.2) is 4.39 Å². The fraction of sp³-hybridized carbons (Fsp3) is 0.455. The maximum Gasteiger partial charge on any atom is 0.129 e. The van der Waals surface area contributed by atoms with E-state index < -0.39 is 6.10 Å². The Balaban J connectivity index is 3.07. The predicted octanol–water partition coefficient (Wildman–Crippen LogP) is 2.07. The van der Waals surface area contributed by atoms with Gasteiger partial charge in [0.25, 0.3) is 0 Å². The summed E-state index contributed by atoms with van der Waals surface area (Å²) in [5.74, 6) is 0.367. The van der Waals surface area contributed by atoms with Gasteiger partial charge < -0.3 is 9.84 Å². The van der Waals surface area contributed by atoms with Gasteiger partial charge in [-0.15, -0.1) is 0 Å². The fourth-order valence-electron chi connectivity index (χ4n) is 1.39. The van der Waals surface area contributed by atoms with E-state index in [4.69, 9.17) is 4.74 Å². The van der Waals surface area contributed by atoms with Crippen molar-refractivity contribution in [3.63, 3.8) is 0 Å². The van der Waals surface area contributed by atoms with E-state index in [0.717, 1.165) is 0 Å². The van der Waals surface area contributed by atoms with E-state index in [2.05, 4.69) is 0 Å². The molecule has 1 atom stereocenters. The molecule has 0 aromatic heterocycles. The fourth-order valence-corrected chi connectivity index (χ4v) is 1.39. The molecular weight excluding hydrogens is 183 g/mol. The summed E-state index contributed by atoms with van der Waals surface area (Å²) in [6.45, 7) is 3.32. The molecule has 78 valence electrons. The van der Waals surface area contributed by atoms with Gasteiger partial charge in [0.1, 0.15) is 11.6 Å². The molecule has 0 spiro atoms. The van der Waals surface area contributed by atoms with Crippen molar-refractivity contribution < 1.29 is 14.2 Å². The zero-order valence-electron chi connectivity index (χ0n) is 8.67. The molecule has 0 saturated heterocycles. The van der Waals surface area contributed by atoms with E-state index in [1.807, 2.05) is 0 Å². The van der Waals surface area contributed by atoms with Crippen molar-refractivity contribution in [3.8, 4) is 5.75 Å². The predicted molar refractivity (Wildman–Crippen MR) is 53.1 cm³/mol. The second kappa shape index (κ2) is 4.42. The molecule has 1 unspecified atom stereocenters. The zero-order valence-corrected chi connectivity index (χ0v) is 8.67. The molecule has 2 nitrogen and oxygen atoms in total. The van der Waals surface area contributed by atoms with Gasteiger partial charge in [0.15, 0.2) is 0 Å². The first-order valence-electron chi connectivity index (χ1n) is 4.55. The number of hydrogen-bond acceptors (Lipinski definition) is 2. The Morgan fingerprint density at radius 3 is 2.64 bits per heavy atom. The van der Waals surface area contributed by atoms with Crippen LogP contribution in [-0.4, -0.2) is 18.3 Å². The van der Waals surface area contributed by atoms with E-state index in [9.17, 15) is 9.50 Å². The van der Waals surface area contributed by atoms with Crippen molar-refractivity contribution in [1.82, 2.24) is 0 Å². The Bertz CT molecular complexity index is 321. The van der Waals surface area contributed by atoms with E-state index in [-0.39, 0.29) is 5.82 Å². The number of methoxy groups -OCH3 is 1. The largest absolute Gasteiger partial charge is 0.497 e. The van der Waals surface area contributed by atoms with Gasteiger partial charge in [0, 0.05) is 6.42 Å². The molecule has 1 rings (SSSR count). The highest BCUT2D eigenvalue weighted by molar-refractivity contribution is 5.35. The van der Waals surface area contributed by atoms with Gasteiger partial charge >= 0.3 is 0 Å². The summed E-state index contributed by atoms with van der Waals surface area (Å²) >= 11 is 0. The molecule has 1 aromatic rings. The van der Waals surface area contributed by atoms with Gasteiger partial charge in [-0.05, 0) is 37.1 Å². The van der Waals surface area contributed by atoms with Crippen molar-refractivity contribution in [2.24, 2.45) is 0 Å². The lowest BCUT2D eigenvalue weighted by Gasteiger charge is -2.10. The molecule has 0 aliphatic carbocycles. The van der Waals surface area contributed by atoms with Crippen LogP contribution in [0.15, 0.2) is 12.1 Å². The van der Waals surface area contributed by atoms with Crippen LogP contribution >= 0.6 is 0 Å². The second-order valence-electron chi connectivity index (χ2n) is 3.47. The number of halogens is 1. The highest BCUT2D eigenvalue weighted by Gasteiger charge is 2.10. The summed E-state index contributed by atoms with van der Waals surface area (Å²) < 4.78 is 18.5. The van der Waals surface area contributed by atoms with Crippen LogP contribution in [0.25, 0.3) is 0 Å². The third-order valence-corrected chi connectivity index (χ3v) is 2.05. The average Bonchev–Trinajstić information content (AvgIpc) is 2.11. The molecule has 0 aliphatic rings. The zero-order chi connectivity index (χ0) is 10.7. The minimum absolute atomic E-state index is 0.258. The van der Waals surface area contributed by atoms with Crippen LogP contribution in [0.3, 0.4) is 0 Å². The monoisotopic (exact) mass is 198 g/mol. The maximum absolute atomic E-state index is 13.5. The van der Waals surface area contributed by atoms with Gasteiger partial charge in [0.05, 0.1) is 13.2 Å². The molecule has 0 saturated carbocycles. The Labute approximate surface area is 83.3 Å². The molecule has 1 N–H and O–H groups in total. The molecule has 1 aromatic carbocycles. The van der Waals surface area contributed by atoms with E-state index in [1.165, 1.54) is 0 Å². The molecule has 0 aliphatic heterocycles. The third-order valence-electron chi connectivity index (χ3n) is 2.05. The van der Waals surface area contributed by atoms with Crippen molar-refractivity contribution in [2.45, 2.75) is 26.4 Å². The number of aliphatic hydroxyl groups is 1. The lowest BCUT2D eigenvalue weighted by atomic mass is 10.0. The van der Waals surface area contributed by atoms with Crippen LogP contribution in [0.2, 0.25) is 0 Å². The van der Waals surface area contributed by atoms with Crippen LogP contribution in [0.5, 0.6) is 5.75 Å². The van der Waals surface area contributed by atoms with Crippen molar-refractivity contribution in [2.75, 3.05) is 7.11 Å². The number of benzene rings is 1. The Hall–Kier alpha value is -1.09. The average molecular weight is 198 g/mol. The van der Waals surface area contributed by atoms with Crippen LogP contribution in [-0.2, 0) is 6.42 Å². The highest BCUT2D eigenvalue weighted by atomic mass is 19.1. The van der Waals surface area contributed by atoms with Crippen molar-refractivity contribution in [3.05, 3.63) is 29.1 Å². The summed E-state index contributed by atoms with van der Waals surface area (Å²) in [4.78, 5) is 0. The molecule has 0 bridgehead atoms. The maximum atomic E-state index is 13.5. The molecule has 0 amide bonds. The van der Waals surface area contributed by atoms with Gasteiger partial charge in [0.2, 0.25) is 0 Å². The summed E-state index contributed by atoms with van der Waals surface area (Å²) in [5.41, 5.74) is 1.04. The van der Waals surface area contributed by atoms with Crippen LogP contribution in [0.4, 0.5) is 4.39 Å². The van der Waals surface area contributed by atoms with Crippen molar-refractivity contribution >= 4 is 0 Å². The molecular formula is C11H15FO2. The standard InChI is InChI=1S/C11H15FO2/c1-7-4-10(14-3)6-9(11(7)12)5-8(2)13/h4,6,8,13H,5H2,1-3H3. The third kappa shape index (κ3) is 2.45. The molecule has 0 fully saturated rings. The number of aryl methyl sites for hydroxylation is 1. The number of hydrogen-bond donors (Lipinski definition) is 1. The summed E-state index contributed by atoms with van der Waals surface area (Å²) in [6, 6.07) is 3.26. The van der Waals surface area contributed by atoms with Crippen LogP contribution < -0.4 is 4.74 Å². The number of ether oxygens (including phenoxy) is 1. The van der Waals surface area contributed by atoms with E-state index >= 15 is 0 Å². The van der Waals surface area contributed by atoms with Crippen LogP contribution in [0.1, 0.15) is 18.1 Å². The first-order valence-corrected chi connectivity index (χ1v) is 4.55. The Morgan fingerprint density at radius 2 is 2.14 bits per heavy atom. The van der Waals surface area contributed by atoms with E-state index in [1.54, 1.807) is 33.1 Å². The van der Waals surface area contributed by atoms with E-state index in [0.29, 0.717) is 23.3 Å². The van der Waals surface area contributed by atoms with Crippen molar-refractivity contribution in [1.29, 1.82) is 0 Å². The molecule has 0 radical (unpaired) electrons. The lowest BCUT2D eigenvalue weighted by Crippen LogP contribution is -2.07. The SMILES string of the molecule is COc1cc(C)c(F)c(CC(C)O)c1. The topological polar surface area (TPSA) is 29.5 Å². The minimum Gasteiger partial charge on any atom is -0.497 e. The first-order chi connectivity index (χ1) is 6.54. The summed E-state index contributed by atoms with van der Waals surface area (Å²) in [5, 5.41) is 9.18. The first kappa shape index (κ1) is 11.0. The summed E-state index contributed by atoms with van der Waals surface area (Å²) in [7, 11) is 1.54. The van der Waals surface area contributed by atoms with Gasteiger partial charge in [-0.1, -0.05) is 0 Å².